The Kier molecular flexibility index (Phi) is 15.3. The molecule has 4 aliphatic rings. The van der Waals surface area contributed by atoms with E-state index in [0.29, 0.717) is 59.4 Å². The van der Waals surface area contributed by atoms with Crippen LogP contribution in [0.25, 0.3) is 22.3 Å². The van der Waals surface area contributed by atoms with E-state index in [1.165, 1.54) is 22.8 Å². The Morgan fingerprint density at radius 1 is 0.844 bits per heavy atom. The van der Waals surface area contributed by atoms with Gasteiger partial charge in [0, 0.05) is 53.0 Å². The number of ether oxygens (including phenoxy) is 2. The van der Waals surface area contributed by atoms with Crippen LogP contribution in [0, 0.1) is 12.7 Å². The number of halogens is 1. The van der Waals surface area contributed by atoms with E-state index < -0.39 is 89.5 Å². The Hall–Kier alpha value is -8.43. The first-order valence-corrected chi connectivity index (χ1v) is 25.3. The molecule has 0 fully saturated rings. The van der Waals surface area contributed by atoms with Crippen LogP contribution >= 0.6 is 0 Å². The van der Waals surface area contributed by atoms with Crippen LogP contribution < -0.4 is 37.0 Å². The summed E-state index contributed by atoms with van der Waals surface area (Å²) < 4.78 is 28.4. The first kappa shape index (κ1) is 53.4. The lowest BCUT2D eigenvalue weighted by Crippen LogP contribution is -2.52. The highest BCUT2D eigenvalue weighted by Crippen LogP contribution is 2.49. The van der Waals surface area contributed by atoms with Crippen LogP contribution in [0.2, 0.25) is 0 Å². The number of carbonyl (C=O) groups excluding carboxylic acids is 8. The number of aryl methyl sites for hydroxylation is 2. The molecule has 3 aromatic carbocycles. The van der Waals surface area contributed by atoms with Crippen LogP contribution in [0.1, 0.15) is 84.0 Å². The zero-order valence-electron chi connectivity index (χ0n) is 42.6. The normalized spacial score (nSPS) is 18.2. The van der Waals surface area contributed by atoms with Gasteiger partial charge in [-0.25, -0.2) is 19.1 Å². The summed E-state index contributed by atoms with van der Waals surface area (Å²) in [4.78, 5) is 122. The number of imide groups is 1. The quantitative estimate of drug-likeness (QED) is 0.0278. The number of pyridine rings is 2. The number of anilines is 1. The maximum absolute atomic E-state index is 15.5. The number of hydrogen-bond donors (Lipinski definition) is 6. The minimum atomic E-state index is -2.03. The molecular formula is C56H57FN8O12. The third-order valence-electron chi connectivity index (χ3n) is 14.7. The van der Waals surface area contributed by atoms with Crippen molar-refractivity contribution in [3.63, 3.8) is 0 Å². The second kappa shape index (κ2) is 22.0. The lowest BCUT2D eigenvalue weighted by Gasteiger charge is -2.37. The lowest BCUT2D eigenvalue weighted by atomic mass is 9.69. The number of nitrogens with zero attached hydrogens (tertiary/aromatic N) is 3. The molecule has 3 aliphatic heterocycles. The smallest absolute Gasteiger partial charge is 0.343 e. The number of benzene rings is 3. The van der Waals surface area contributed by atoms with Crippen molar-refractivity contribution in [3.8, 4) is 11.4 Å². The number of aliphatic hydroxyl groups is 1. The molecule has 77 heavy (non-hydrogen) atoms. The van der Waals surface area contributed by atoms with Gasteiger partial charge in [-0.15, -0.1) is 0 Å². The average Bonchev–Trinajstić information content (AvgIpc) is 4.12. The summed E-state index contributed by atoms with van der Waals surface area (Å²) in [5.74, 6) is -5.09. The van der Waals surface area contributed by atoms with E-state index >= 15 is 4.39 Å². The van der Waals surface area contributed by atoms with Crippen molar-refractivity contribution in [2.24, 2.45) is 0 Å². The van der Waals surface area contributed by atoms with Crippen LogP contribution in [0.4, 0.5) is 10.1 Å². The minimum Gasteiger partial charge on any atom is -0.458 e. The molecule has 0 radical (unpaired) electrons. The number of esters is 1. The average molecular weight is 1050 g/mol. The van der Waals surface area contributed by atoms with Crippen LogP contribution in [-0.2, 0) is 91.3 Å². The molecule has 0 spiro atoms. The fourth-order valence-electron chi connectivity index (χ4n) is 10.5. The van der Waals surface area contributed by atoms with Gasteiger partial charge in [-0.2, -0.15) is 0 Å². The zero-order valence-corrected chi connectivity index (χ0v) is 42.6. The van der Waals surface area contributed by atoms with Gasteiger partial charge in [0.2, 0.25) is 29.5 Å². The van der Waals surface area contributed by atoms with Gasteiger partial charge < -0.3 is 45.7 Å². The molecule has 6 N–H and O–H groups in total. The third-order valence-corrected chi connectivity index (χ3v) is 14.7. The molecule has 5 aromatic rings. The van der Waals surface area contributed by atoms with Gasteiger partial charge in [-0.05, 0) is 85.0 Å². The number of hydrogen-bond acceptors (Lipinski definition) is 13. The molecule has 0 saturated heterocycles. The molecule has 0 saturated carbocycles. The molecule has 20 nitrogen and oxygen atoms in total. The number of nitrogens with one attached hydrogen (secondary N) is 5. The van der Waals surface area contributed by atoms with E-state index in [2.05, 4.69) is 26.6 Å². The number of rotatable bonds is 20. The molecule has 7 amide bonds. The largest absolute Gasteiger partial charge is 0.458 e. The summed E-state index contributed by atoms with van der Waals surface area (Å²) >= 11 is 0. The molecule has 0 bridgehead atoms. The van der Waals surface area contributed by atoms with Gasteiger partial charge in [0.05, 0.1) is 60.9 Å². The standard InChI is InChI=1S/C56H57FN8O12/c1-4-56(75)38-22-42-51-36(27-64(42)53(73)37(38)28-77-54(56)74)50-49-35(31(2)39(57)23-40(49)63-51)19-20-55(50,3)29-76-30-61-45(68)25-60-52(72)41(21-33-9-6-5-7-10-33)62-46(69)26-59-44(67)24-58-43(66)12-8-11-32-13-15-34(16-14-32)65-47(70)17-18-48(65)71/h5-7,9-10,13-18,22-23,41,75H,4,8,11-12,19-21,24-30H2,1-3H3,(H,58,66)(H,59,67)(H,60,72)(H,61,68)(H,62,69)/t41-,55-,56-/m0/s1. The molecule has 2 aromatic heterocycles. The first-order valence-electron chi connectivity index (χ1n) is 25.3. The monoisotopic (exact) mass is 1050 g/mol. The topological polar surface area (TPSA) is 274 Å². The predicted molar refractivity (Wildman–Crippen MR) is 276 cm³/mol. The summed E-state index contributed by atoms with van der Waals surface area (Å²) in [6.07, 6.45) is 4.54. The van der Waals surface area contributed by atoms with Crippen molar-refractivity contribution in [1.29, 1.82) is 0 Å². The van der Waals surface area contributed by atoms with Gasteiger partial charge in [0.1, 0.15) is 25.2 Å². The number of carbonyl (C=O) groups is 8. The summed E-state index contributed by atoms with van der Waals surface area (Å²) in [5.41, 5.74) is 3.18. The number of fused-ring (bicyclic) bond motifs is 5. The van der Waals surface area contributed by atoms with E-state index in [1.807, 2.05) is 6.92 Å². The summed E-state index contributed by atoms with van der Waals surface area (Å²) in [7, 11) is 0. The van der Waals surface area contributed by atoms with Crippen LogP contribution in [-0.4, -0.2) is 101 Å². The Labute approximate surface area is 440 Å². The molecular weight excluding hydrogens is 996 g/mol. The molecule has 400 valence electrons. The van der Waals surface area contributed by atoms with Crippen molar-refractivity contribution >= 4 is 63.9 Å². The summed E-state index contributed by atoms with van der Waals surface area (Å²) in [6, 6.07) is 17.5. The van der Waals surface area contributed by atoms with Crippen LogP contribution in [0.3, 0.4) is 0 Å². The fraction of sp³-hybridized carbons (Fsp3) is 0.357. The van der Waals surface area contributed by atoms with E-state index in [9.17, 15) is 48.3 Å². The van der Waals surface area contributed by atoms with Crippen LogP contribution in [0.5, 0.6) is 0 Å². The van der Waals surface area contributed by atoms with Crippen molar-refractivity contribution in [3.05, 3.63) is 140 Å². The first-order chi connectivity index (χ1) is 36.9. The molecule has 9 rings (SSSR count). The van der Waals surface area contributed by atoms with E-state index in [1.54, 1.807) is 74.5 Å². The SMILES string of the molecule is CC[C@@]1(O)C(=O)OCc2c1cc1n(c2=O)Cc2c-1nc1cc(F)c(C)c3c1c2[C@](C)(COCNC(=O)CNC(=O)[C@H](Cc1ccccc1)NC(=O)CNC(=O)CNC(=O)CCCc1ccc(N2C(=O)C=CC2=O)cc1)CC3. The van der Waals surface area contributed by atoms with E-state index in [4.69, 9.17) is 14.5 Å². The Balaban J connectivity index is 0.765. The van der Waals surface area contributed by atoms with Gasteiger partial charge in [0.15, 0.2) is 5.60 Å². The second-order valence-electron chi connectivity index (χ2n) is 19.9. The second-order valence-corrected chi connectivity index (χ2v) is 19.9. The summed E-state index contributed by atoms with van der Waals surface area (Å²) in [5, 5.41) is 25.0. The van der Waals surface area contributed by atoms with Gasteiger partial charge in [-0.1, -0.05) is 56.3 Å². The van der Waals surface area contributed by atoms with Crippen molar-refractivity contribution in [1.82, 2.24) is 36.1 Å². The molecule has 21 heteroatoms. The van der Waals surface area contributed by atoms with Gasteiger partial charge in [0.25, 0.3) is 17.4 Å². The van der Waals surface area contributed by atoms with Gasteiger partial charge >= 0.3 is 5.97 Å². The van der Waals surface area contributed by atoms with Crippen LogP contribution in [0.15, 0.2) is 83.7 Å². The highest BCUT2D eigenvalue weighted by atomic mass is 19.1. The zero-order chi connectivity index (χ0) is 54.8. The molecule has 5 heterocycles. The van der Waals surface area contributed by atoms with Gasteiger partial charge in [-0.3, -0.25) is 38.4 Å². The molecule has 1 aliphatic carbocycles. The maximum atomic E-state index is 15.5. The lowest BCUT2D eigenvalue weighted by molar-refractivity contribution is -0.172. The van der Waals surface area contributed by atoms with E-state index in [0.717, 1.165) is 32.5 Å². The Morgan fingerprint density at radius 3 is 2.26 bits per heavy atom. The summed E-state index contributed by atoms with van der Waals surface area (Å²) in [6.45, 7) is 3.62. The Bertz CT molecular complexity index is 3340. The molecule has 0 unspecified atom stereocenters. The number of aromatic nitrogens is 2. The van der Waals surface area contributed by atoms with Crippen molar-refractivity contribution in [2.45, 2.75) is 95.9 Å². The van der Waals surface area contributed by atoms with Crippen molar-refractivity contribution in [2.75, 3.05) is 37.9 Å². The van der Waals surface area contributed by atoms with Crippen molar-refractivity contribution < 1.29 is 57.3 Å². The third kappa shape index (κ3) is 10.9. The highest BCUT2D eigenvalue weighted by molar-refractivity contribution is 6.28. The minimum absolute atomic E-state index is 0.0295. The number of cyclic esters (lactones) is 1. The predicted octanol–water partition coefficient (Wildman–Crippen LogP) is 2.35. The Morgan fingerprint density at radius 2 is 1.53 bits per heavy atom. The number of amides is 7. The molecule has 3 atom stereocenters. The van der Waals surface area contributed by atoms with E-state index in [-0.39, 0.29) is 62.8 Å². The maximum Gasteiger partial charge on any atom is 0.343 e. The fourth-order valence-corrected chi connectivity index (χ4v) is 10.5. The highest BCUT2D eigenvalue weighted by Gasteiger charge is 2.47.